The van der Waals surface area contributed by atoms with Crippen molar-refractivity contribution in [2.24, 2.45) is 10.9 Å². The molecule has 0 aromatic heterocycles. The number of halogens is 2. The summed E-state index contributed by atoms with van der Waals surface area (Å²) in [6.45, 7) is 0.956. The minimum absolute atomic E-state index is 0.0235. The zero-order valence-electron chi connectivity index (χ0n) is 9.45. The van der Waals surface area contributed by atoms with E-state index in [0.29, 0.717) is 24.0 Å². The number of nitrogens with zero attached hydrogens (tertiary/aromatic N) is 1. The van der Waals surface area contributed by atoms with Crippen molar-refractivity contribution in [2.75, 3.05) is 0 Å². The fourth-order valence-electron chi connectivity index (χ4n) is 2.12. The Bertz CT molecular complexity index is 445. The first-order valence-electron chi connectivity index (χ1n) is 5.37. The third-order valence-electron chi connectivity index (χ3n) is 3.43. The molecule has 1 aromatic carbocycles. The lowest BCUT2D eigenvalue weighted by atomic mass is 9.89. The van der Waals surface area contributed by atoms with E-state index < -0.39 is 11.3 Å². The quantitative estimate of drug-likeness (QED) is 0.369. The van der Waals surface area contributed by atoms with Crippen molar-refractivity contribution in [3.8, 4) is 0 Å². The molecule has 0 heterocycles. The number of nitrogens with two attached hydrogens (primary N) is 1. The first-order chi connectivity index (χ1) is 7.90. The number of amidine groups is 1. The van der Waals surface area contributed by atoms with E-state index in [1.165, 1.54) is 0 Å². The van der Waals surface area contributed by atoms with Crippen molar-refractivity contribution in [1.82, 2.24) is 0 Å². The summed E-state index contributed by atoms with van der Waals surface area (Å²) in [6, 6.07) is 6.43. The molecule has 92 valence electrons. The summed E-state index contributed by atoms with van der Waals surface area (Å²) in [5, 5.41) is 11.4. The van der Waals surface area contributed by atoms with Crippen molar-refractivity contribution >= 4 is 5.84 Å². The van der Waals surface area contributed by atoms with Crippen LogP contribution in [0.4, 0.5) is 8.78 Å². The number of rotatable bonds is 3. The van der Waals surface area contributed by atoms with Crippen LogP contribution in [0.1, 0.15) is 30.9 Å². The van der Waals surface area contributed by atoms with Crippen LogP contribution in [0.25, 0.3) is 0 Å². The van der Waals surface area contributed by atoms with Crippen molar-refractivity contribution in [1.29, 1.82) is 0 Å². The van der Waals surface area contributed by atoms with E-state index >= 15 is 0 Å². The number of hydrogen-bond donors (Lipinski definition) is 2. The van der Waals surface area contributed by atoms with Crippen molar-refractivity contribution in [3.63, 3.8) is 0 Å². The second-order valence-electron chi connectivity index (χ2n) is 4.53. The molecule has 3 N–H and O–H groups in total. The minimum atomic E-state index is -2.72. The fourth-order valence-corrected chi connectivity index (χ4v) is 2.12. The minimum Gasteiger partial charge on any atom is -0.409 e. The lowest BCUT2D eigenvalue weighted by Gasteiger charge is -2.23. The van der Waals surface area contributed by atoms with Crippen molar-refractivity contribution < 1.29 is 14.0 Å². The normalized spacial score (nSPS) is 19.1. The largest absolute Gasteiger partial charge is 0.409 e. The van der Waals surface area contributed by atoms with Crippen LogP contribution in [0.3, 0.4) is 0 Å². The lowest BCUT2D eigenvalue weighted by Crippen LogP contribution is -2.30. The molecule has 1 fully saturated rings. The number of oxime groups is 1. The molecule has 1 saturated carbocycles. The third kappa shape index (κ3) is 1.85. The summed E-state index contributed by atoms with van der Waals surface area (Å²) in [4.78, 5) is 0. The van der Waals surface area contributed by atoms with E-state index in [1.54, 1.807) is 24.3 Å². The molecule has 3 nitrogen and oxygen atoms in total. The highest BCUT2D eigenvalue weighted by molar-refractivity contribution is 5.97. The molecule has 17 heavy (non-hydrogen) atoms. The number of alkyl halides is 2. The molecule has 2 rings (SSSR count). The van der Waals surface area contributed by atoms with Gasteiger partial charge >= 0.3 is 0 Å². The predicted octanol–water partition coefficient (Wildman–Crippen LogP) is 2.47. The van der Waals surface area contributed by atoms with Crippen LogP contribution in [0.15, 0.2) is 29.4 Å². The van der Waals surface area contributed by atoms with Crippen LogP contribution < -0.4 is 5.73 Å². The van der Waals surface area contributed by atoms with Gasteiger partial charge in [0.25, 0.3) is 5.92 Å². The van der Waals surface area contributed by atoms with Gasteiger partial charge in [-0.25, -0.2) is 8.78 Å². The first kappa shape index (κ1) is 11.8. The zero-order chi connectivity index (χ0) is 12.7. The van der Waals surface area contributed by atoms with Crippen LogP contribution in [-0.2, 0) is 5.41 Å². The van der Waals surface area contributed by atoms with Gasteiger partial charge in [0.05, 0.1) is 5.41 Å². The second kappa shape index (κ2) is 3.68. The SMILES string of the molecule is CC(F)(F)C1(c2ccc(/C(N)=N/O)cc2)CC1. The summed E-state index contributed by atoms with van der Waals surface area (Å²) in [7, 11) is 0. The van der Waals surface area contributed by atoms with Gasteiger partial charge in [-0.1, -0.05) is 29.4 Å². The molecule has 0 bridgehead atoms. The maximum Gasteiger partial charge on any atom is 0.254 e. The number of benzene rings is 1. The van der Waals surface area contributed by atoms with Gasteiger partial charge in [0, 0.05) is 12.5 Å². The summed E-state index contributed by atoms with van der Waals surface area (Å²) >= 11 is 0. The van der Waals surface area contributed by atoms with Crippen molar-refractivity contribution in [3.05, 3.63) is 35.4 Å². The summed E-state index contributed by atoms with van der Waals surface area (Å²) in [5.74, 6) is -2.74. The van der Waals surface area contributed by atoms with E-state index in [1.807, 2.05) is 0 Å². The topological polar surface area (TPSA) is 58.6 Å². The van der Waals surface area contributed by atoms with Gasteiger partial charge in [-0.3, -0.25) is 0 Å². The predicted molar refractivity (Wildman–Crippen MR) is 60.5 cm³/mol. The Morgan fingerprint density at radius 2 is 1.88 bits per heavy atom. The Morgan fingerprint density at radius 3 is 2.24 bits per heavy atom. The maximum absolute atomic E-state index is 13.5. The van der Waals surface area contributed by atoms with E-state index in [4.69, 9.17) is 10.9 Å². The Kier molecular flexibility index (Phi) is 2.56. The van der Waals surface area contributed by atoms with Gasteiger partial charge < -0.3 is 10.9 Å². The average molecular weight is 240 g/mol. The molecule has 0 unspecified atom stereocenters. The van der Waals surface area contributed by atoms with Gasteiger partial charge in [-0.05, 0) is 18.4 Å². The smallest absolute Gasteiger partial charge is 0.254 e. The highest BCUT2D eigenvalue weighted by Gasteiger charge is 2.59. The molecule has 0 aliphatic heterocycles. The Morgan fingerprint density at radius 1 is 1.35 bits per heavy atom. The third-order valence-corrected chi connectivity index (χ3v) is 3.43. The van der Waals surface area contributed by atoms with E-state index in [2.05, 4.69) is 5.16 Å². The Labute approximate surface area is 97.9 Å². The molecule has 1 aromatic rings. The van der Waals surface area contributed by atoms with Crippen LogP contribution in [0, 0.1) is 0 Å². The van der Waals surface area contributed by atoms with Crippen LogP contribution in [0.5, 0.6) is 0 Å². The zero-order valence-corrected chi connectivity index (χ0v) is 9.45. The van der Waals surface area contributed by atoms with Crippen LogP contribution in [-0.4, -0.2) is 17.0 Å². The highest BCUT2D eigenvalue weighted by Crippen LogP contribution is 2.57. The molecule has 0 saturated heterocycles. The average Bonchev–Trinajstić information content (AvgIpc) is 3.08. The van der Waals surface area contributed by atoms with Crippen LogP contribution >= 0.6 is 0 Å². The highest BCUT2D eigenvalue weighted by atomic mass is 19.3. The fraction of sp³-hybridized carbons (Fsp3) is 0.417. The maximum atomic E-state index is 13.5. The molecule has 5 heteroatoms. The molecule has 0 amide bonds. The van der Waals surface area contributed by atoms with Gasteiger partial charge in [0.15, 0.2) is 5.84 Å². The molecule has 1 aliphatic rings. The standard InChI is InChI=1S/C12H14F2N2O/c1-11(13,14)12(6-7-12)9-4-2-8(3-5-9)10(15)16-17/h2-5,17H,6-7H2,1H3,(H2,15,16). The molecule has 0 atom stereocenters. The first-order valence-corrected chi connectivity index (χ1v) is 5.37. The number of hydrogen-bond acceptors (Lipinski definition) is 2. The van der Waals surface area contributed by atoms with E-state index in [0.717, 1.165) is 6.92 Å². The van der Waals surface area contributed by atoms with E-state index in [9.17, 15) is 8.78 Å². The Hall–Kier alpha value is -1.65. The van der Waals surface area contributed by atoms with Gasteiger partial charge in [0.2, 0.25) is 0 Å². The summed E-state index contributed by atoms with van der Waals surface area (Å²) in [6.07, 6.45) is 0.999. The van der Waals surface area contributed by atoms with Gasteiger partial charge in [0.1, 0.15) is 0 Å². The summed E-state index contributed by atoms with van der Waals surface area (Å²) in [5.41, 5.74) is 5.52. The van der Waals surface area contributed by atoms with Crippen LogP contribution in [0.2, 0.25) is 0 Å². The van der Waals surface area contributed by atoms with Gasteiger partial charge in [-0.2, -0.15) is 0 Å². The summed E-state index contributed by atoms with van der Waals surface area (Å²) < 4.78 is 27.0. The molecular formula is C12H14F2N2O. The van der Waals surface area contributed by atoms with Crippen molar-refractivity contribution in [2.45, 2.75) is 31.1 Å². The van der Waals surface area contributed by atoms with Gasteiger partial charge in [-0.15, -0.1) is 0 Å². The monoisotopic (exact) mass is 240 g/mol. The second-order valence-corrected chi connectivity index (χ2v) is 4.53. The molecule has 0 radical (unpaired) electrons. The molecule has 1 aliphatic carbocycles. The van der Waals surface area contributed by atoms with E-state index in [-0.39, 0.29) is 5.84 Å². The lowest BCUT2D eigenvalue weighted by molar-refractivity contribution is -0.0199. The molecular weight excluding hydrogens is 226 g/mol. The Balaban J connectivity index is 2.31. The molecule has 0 spiro atoms.